The second-order valence-corrected chi connectivity index (χ2v) is 5.11. The van der Waals surface area contributed by atoms with Crippen molar-refractivity contribution in [1.29, 1.82) is 0 Å². The van der Waals surface area contributed by atoms with E-state index in [2.05, 4.69) is 5.10 Å². The Kier molecular flexibility index (Phi) is 1.40. The molecule has 1 aromatic heterocycles. The number of nitrogens with zero attached hydrogens (tertiary/aromatic N) is 2. The lowest BCUT2D eigenvalue weighted by Crippen LogP contribution is -2.17. The van der Waals surface area contributed by atoms with Gasteiger partial charge in [-0.05, 0) is 18.9 Å². The van der Waals surface area contributed by atoms with Crippen LogP contribution in [0.2, 0.25) is 0 Å². The Morgan fingerprint density at radius 2 is 2.13 bits per heavy atom. The van der Waals surface area contributed by atoms with Gasteiger partial charge in [0.2, 0.25) is 0 Å². The molecular formula is C11H14F2N2. The first-order valence-electron chi connectivity index (χ1n) is 5.27. The maximum Gasteiger partial charge on any atom is 0.258 e. The summed E-state index contributed by atoms with van der Waals surface area (Å²) in [7, 11) is 1.84. The summed E-state index contributed by atoms with van der Waals surface area (Å²) < 4.78 is 28.9. The molecule has 2 aliphatic carbocycles. The third-order valence-electron chi connectivity index (χ3n) is 4.30. The molecule has 1 saturated carbocycles. The van der Waals surface area contributed by atoms with Gasteiger partial charge in [-0.25, -0.2) is 8.78 Å². The van der Waals surface area contributed by atoms with Crippen molar-refractivity contribution < 1.29 is 8.78 Å². The molecule has 1 heterocycles. The maximum absolute atomic E-state index is 13.6. The van der Waals surface area contributed by atoms with Crippen LogP contribution in [0.1, 0.15) is 23.9 Å². The van der Waals surface area contributed by atoms with E-state index < -0.39 is 17.3 Å². The topological polar surface area (TPSA) is 17.8 Å². The van der Waals surface area contributed by atoms with Crippen LogP contribution >= 0.6 is 0 Å². The van der Waals surface area contributed by atoms with E-state index in [9.17, 15) is 8.78 Å². The molecule has 2 atom stereocenters. The van der Waals surface area contributed by atoms with E-state index in [4.69, 9.17) is 0 Å². The van der Waals surface area contributed by atoms with Crippen LogP contribution < -0.4 is 0 Å². The van der Waals surface area contributed by atoms with Gasteiger partial charge in [0.15, 0.2) is 0 Å². The third-order valence-corrected chi connectivity index (χ3v) is 4.30. The summed E-state index contributed by atoms with van der Waals surface area (Å²) in [5, 5.41) is 4.30. The monoisotopic (exact) mass is 212 g/mol. The van der Waals surface area contributed by atoms with Crippen molar-refractivity contribution in [3.8, 4) is 0 Å². The predicted molar refractivity (Wildman–Crippen MR) is 51.9 cm³/mol. The molecule has 2 nitrogen and oxygen atoms in total. The number of rotatable bonds is 0. The fraction of sp³-hybridized carbons (Fsp3) is 0.727. The smallest absolute Gasteiger partial charge is 0.258 e. The Bertz CT molecular complexity index is 450. The minimum absolute atomic E-state index is 0.458. The maximum atomic E-state index is 13.6. The van der Waals surface area contributed by atoms with Crippen LogP contribution in [0.5, 0.6) is 0 Å². The van der Waals surface area contributed by atoms with Crippen LogP contribution in [-0.2, 0) is 19.9 Å². The summed E-state index contributed by atoms with van der Waals surface area (Å²) in [6.45, 7) is 3.60. The van der Waals surface area contributed by atoms with Crippen LogP contribution in [0.3, 0.4) is 0 Å². The highest BCUT2D eigenvalue weighted by molar-refractivity contribution is 5.37. The van der Waals surface area contributed by atoms with Crippen molar-refractivity contribution in [2.45, 2.75) is 32.6 Å². The Morgan fingerprint density at radius 1 is 1.47 bits per heavy atom. The second-order valence-electron chi connectivity index (χ2n) is 5.11. The standard InChI is InChI=1S/C11H14F2N2/c1-6-7-4-9-10(2,11(9,12)13)5-8(7)15(3)14-6/h9H,4-5H2,1-3H3. The Morgan fingerprint density at radius 3 is 2.80 bits per heavy atom. The Balaban J connectivity index is 2.09. The Hall–Kier alpha value is -0.930. The molecule has 0 aliphatic heterocycles. The highest BCUT2D eigenvalue weighted by atomic mass is 19.3. The van der Waals surface area contributed by atoms with Crippen LogP contribution in [0, 0.1) is 18.3 Å². The molecule has 0 amide bonds. The quantitative estimate of drug-likeness (QED) is 0.644. The highest BCUT2D eigenvalue weighted by Crippen LogP contribution is 2.70. The van der Waals surface area contributed by atoms with Crippen molar-refractivity contribution in [2.75, 3.05) is 0 Å². The molecular weight excluding hydrogens is 198 g/mol. The number of alkyl halides is 2. The fourth-order valence-electron chi connectivity index (χ4n) is 3.06. The zero-order chi connectivity index (χ0) is 11.0. The highest BCUT2D eigenvalue weighted by Gasteiger charge is 2.78. The van der Waals surface area contributed by atoms with Gasteiger partial charge < -0.3 is 0 Å². The van der Waals surface area contributed by atoms with Gasteiger partial charge in [-0.1, -0.05) is 6.92 Å². The molecule has 2 unspecified atom stereocenters. The van der Waals surface area contributed by atoms with E-state index in [-0.39, 0.29) is 0 Å². The summed E-state index contributed by atoms with van der Waals surface area (Å²) in [5.74, 6) is -2.93. The molecule has 1 aromatic rings. The molecule has 1 fully saturated rings. The summed E-state index contributed by atoms with van der Waals surface area (Å²) in [4.78, 5) is 0. The zero-order valence-electron chi connectivity index (χ0n) is 9.14. The van der Waals surface area contributed by atoms with Crippen molar-refractivity contribution in [2.24, 2.45) is 18.4 Å². The summed E-state index contributed by atoms with van der Waals surface area (Å²) >= 11 is 0. The van der Waals surface area contributed by atoms with Gasteiger partial charge >= 0.3 is 0 Å². The van der Waals surface area contributed by atoms with Gasteiger partial charge in [0.1, 0.15) is 0 Å². The SMILES string of the molecule is Cc1nn(C)c2c1CC1C(F)(F)C1(C)C2. The number of hydrogen-bond acceptors (Lipinski definition) is 1. The molecule has 15 heavy (non-hydrogen) atoms. The van der Waals surface area contributed by atoms with Crippen LogP contribution in [0.25, 0.3) is 0 Å². The van der Waals surface area contributed by atoms with E-state index in [1.54, 1.807) is 11.6 Å². The predicted octanol–water partition coefficient (Wildman–Crippen LogP) is 2.10. The molecule has 0 radical (unpaired) electrons. The lowest BCUT2D eigenvalue weighted by atomic mass is 9.88. The van der Waals surface area contributed by atoms with Crippen LogP contribution in [-0.4, -0.2) is 15.7 Å². The van der Waals surface area contributed by atoms with Gasteiger partial charge in [-0.2, -0.15) is 5.10 Å². The van der Waals surface area contributed by atoms with E-state index in [1.807, 2.05) is 14.0 Å². The van der Waals surface area contributed by atoms with Gasteiger partial charge in [0.25, 0.3) is 5.92 Å². The second kappa shape index (κ2) is 2.25. The Labute approximate surface area is 87.3 Å². The average molecular weight is 212 g/mol. The first-order chi connectivity index (χ1) is 6.88. The van der Waals surface area contributed by atoms with Crippen molar-refractivity contribution >= 4 is 0 Å². The number of halogens is 2. The van der Waals surface area contributed by atoms with E-state index in [1.165, 1.54) is 0 Å². The normalized spacial score (nSPS) is 35.9. The first kappa shape index (κ1) is 9.31. The fourth-order valence-corrected chi connectivity index (χ4v) is 3.06. The minimum Gasteiger partial charge on any atom is -0.272 e. The molecule has 0 bridgehead atoms. The number of hydrogen-bond donors (Lipinski definition) is 0. The van der Waals surface area contributed by atoms with Gasteiger partial charge in [-0.15, -0.1) is 0 Å². The van der Waals surface area contributed by atoms with Crippen molar-refractivity contribution in [1.82, 2.24) is 9.78 Å². The number of aryl methyl sites for hydroxylation is 2. The van der Waals surface area contributed by atoms with E-state index in [0.29, 0.717) is 12.8 Å². The first-order valence-corrected chi connectivity index (χ1v) is 5.27. The minimum atomic E-state index is -2.47. The summed E-state index contributed by atoms with van der Waals surface area (Å²) in [5.41, 5.74) is 2.16. The van der Waals surface area contributed by atoms with E-state index in [0.717, 1.165) is 17.0 Å². The van der Waals surface area contributed by atoms with Crippen LogP contribution in [0.15, 0.2) is 0 Å². The van der Waals surface area contributed by atoms with E-state index >= 15 is 0 Å². The summed E-state index contributed by atoms with van der Waals surface area (Å²) in [6, 6.07) is 0. The van der Waals surface area contributed by atoms with Gasteiger partial charge in [0.05, 0.1) is 5.69 Å². The van der Waals surface area contributed by atoms with Crippen molar-refractivity contribution in [3.63, 3.8) is 0 Å². The summed E-state index contributed by atoms with van der Waals surface area (Å²) in [6.07, 6.45) is 0.968. The molecule has 82 valence electrons. The third kappa shape index (κ3) is 0.863. The molecule has 3 rings (SSSR count). The molecule has 4 heteroatoms. The number of aromatic nitrogens is 2. The lowest BCUT2D eigenvalue weighted by molar-refractivity contribution is 0.0629. The van der Waals surface area contributed by atoms with Gasteiger partial charge in [0, 0.05) is 30.5 Å². The molecule has 0 saturated heterocycles. The van der Waals surface area contributed by atoms with Crippen LogP contribution in [0.4, 0.5) is 8.78 Å². The van der Waals surface area contributed by atoms with Crippen molar-refractivity contribution in [3.05, 3.63) is 17.0 Å². The van der Waals surface area contributed by atoms with Gasteiger partial charge in [-0.3, -0.25) is 4.68 Å². The molecule has 2 aliphatic rings. The lowest BCUT2D eigenvalue weighted by Gasteiger charge is -2.16. The molecule has 0 aromatic carbocycles. The number of fused-ring (bicyclic) bond motifs is 2. The largest absolute Gasteiger partial charge is 0.272 e. The molecule has 0 N–H and O–H groups in total. The average Bonchev–Trinajstić information content (AvgIpc) is 2.41. The molecule has 0 spiro atoms. The zero-order valence-corrected chi connectivity index (χ0v) is 9.14.